The minimum atomic E-state index is -0.333. The quantitative estimate of drug-likeness (QED) is 0.780. The van der Waals surface area contributed by atoms with E-state index < -0.39 is 0 Å². The number of carbonyl (C=O) groups excluding carboxylic acids is 1. The van der Waals surface area contributed by atoms with Crippen molar-refractivity contribution in [2.24, 2.45) is 17.6 Å². The number of thioether (sulfide) groups is 1. The molecule has 0 saturated heterocycles. The Hall–Kier alpha value is -0.220. The molecule has 0 aliphatic heterocycles. The lowest BCUT2D eigenvalue weighted by Gasteiger charge is -2.31. The summed E-state index contributed by atoms with van der Waals surface area (Å²) >= 11 is 1.74. The van der Waals surface area contributed by atoms with E-state index >= 15 is 0 Å². The predicted octanol–water partition coefficient (Wildman–Crippen LogP) is 2.40. The Morgan fingerprint density at radius 3 is 2.44 bits per heavy atom. The van der Waals surface area contributed by atoms with Crippen molar-refractivity contribution in [2.45, 2.75) is 58.0 Å². The zero-order valence-corrected chi connectivity index (χ0v) is 12.8. The van der Waals surface area contributed by atoms with Gasteiger partial charge < -0.3 is 11.1 Å². The smallest absolute Gasteiger partial charge is 0.237 e. The molecule has 1 amide bonds. The van der Waals surface area contributed by atoms with Crippen LogP contribution in [0, 0.1) is 11.8 Å². The number of nitrogens with two attached hydrogens (primary N) is 1. The van der Waals surface area contributed by atoms with Gasteiger partial charge >= 0.3 is 0 Å². The first-order valence-electron chi connectivity index (χ1n) is 7.09. The van der Waals surface area contributed by atoms with Gasteiger partial charge in [0.25, 0.3) is 0 Å². The van der Waals surface area contributed by atoms with Crippen LogP contribution in [-0.2, 0) is 4.79 Å². The van der Waals surface area contributed by atoms with Crippen molar-refractivity contribution in [3.63, 3.8) is 0 Å². The van der Waals surface area contributed by atoms with E-state index in [0.29, 0.717) is 6.04 Å². The van der Waals surface area contributed by atoms with Crippen molar-refractivity contribution in [2.75, 3.05) is 12.0 Å². The SMILES string of the molecule is CSCC[C@H](N)C(=O)NC1CCC(C(C)C)CC1. The molecule has 18 heavy (non-hydrogen) atoms. The molecular formula is C14H28N2OS. The maximum atomic E-state index is 11.9. The average Bonchev–Trinajstić information content (AvgIpc) is 2.36. The molecule has 3 nitrogen and oxygen atoms in total. The van der Waals surface area contributed by atoms with Gasteiger partial charge in [0.1, 0.15) is 0 Å². The van der Waals surface area contributed by atoms with Crippen LogP contribution in [0.2, 0.25) is 0 Å². The van der Waals surface area contributed by atoms with E-state index in [0.717, 1.165) is 36.9 Å². The Bertz CT molecular complexity index is 250. The van der Waals surface area contributed by atoms with E-state index in [-0.39, 0.29) is 11.9 Å². The fraction of sp³-hybridized carbons (Fsp3) is 0.929. The van der Waals surface area contributed by atoms with E-state index in [1.165, 1.54) is 12.8 Å². The summed E-state index contributed by atoms with van der Waals surface area (Å²) < 4.78 is 0. The Kier molecular flexibility index (Phi) is 7.08. The van der Waals surface area contributed by atoms with Gasteiger partial charge in [-0.3, -0.25) is 4.79 Å². The van der Waals surface area contributed by atoms with Crippen LogP contribution in [0.25, 0.3) is 0 Å². The summed E-state index contributed by atoms with van der Waals surface area (Å²) in [5, 5.41) is 3.11. The third-order valence-corrected chi connectivity index (χ3v) is 4.67. The van der Waals surface area contributed by atoms with Crippen molar-refractivity contribution >= 4 is 17.7 Å². The topological polar surface area (TPSA) is 55.1 Å². The lowest BCUT2D eigenvalue weighted by atomic mass is 9.79. The van der Waals surface area contributed by atoms with Crippen LogP contribution >= 0.6 is 11.8 Å². The molecule has 0 radical (unpaired) electrons. The zero-order valence-electron chi connectivity index (χ0n) is 11.9. The Labute approximate surface area is 116 Å². The summed E-state index contributed by atoms with van der Waals surface area (Å²) in [4.78, 5) is 11.9. The molecule has 3 N–H and O–H groups in total. The maximum Gasteiger partial charge on any atom is 0.237 e. The van der Waals surface area contributed by atoms with Crippen LogP contribution in [0.4, 0.5) is 0 Å². The van der Waals surface area contributed by atoms with Crippen LogP contribution in [0.3, 0.4) is 0 Å². The Morgan fingerprint density at radius 1 is 1.33 bits per heavy atom. The number of amides is 1. The number of rotatable bonds is 6. The highest BCUT2D eigenvalue weighted by atomic mass is 32.2. The standard InChI is InChI=1S/C14H28N2OS/c1-10(2)11-4-6-12(7-5-11)16-14(17)13(15)8-9-18-3/h10-13H,4-9,15H2,1-3H3,(H,16,17)/t11?,12?,13-/m0/s1. The molecular weight excluding hydrogens is 244 g/mol. The maximum absolute atomic E-state index is 11.9. The molecule has 1 rings (SSSR count). The highest BCUT2D eigenvalue weighted by Crippen LogP contribution is 2.29. The van der Waals surface area contributed by atoms with Crippen molar-refractivity contribution in [1.29, 1.82) is 0 Å². The molecule has 1 aliphatic rings. The number of hydrogen-bond acceptors (Lipinski definition) is 3. The fourth-order valence-electron chi connectivity index (χ4n) is 2.61. The van der Waals surface area contributed by atoms with Gasteiger partial charge in [0.2, 0.25) is 5.91 Å². The van der Waals surface area contributed by atoms with Gasteiger partial charge in [0.05, 0.1) is 6.04 Å². The van der Waals surface area contributed by atoms with Crippen molar-refractivity contribution in [1.82, 2.24) is 5.32 Å². The van der Waals surface area contributed by atoms with Crippen LogP contribution in [0.1, 0.15) is 46.0 Å². The summed E-state index contributed by atoms with van der Waals surface area (Å²) in [6.45, 7) is 4.59. The predicted molar refractivity (Wildman–Crippen MR) is 79.7 cm³/mol. The molecule has 0 spiro atoms. The fourth-order valence-corrected chi connectivity index (χ4v) is 3.10. The average molecular weight is 272 g/mol. The number of carbonyl (C=O) groups is 1. The molecule has 0 unspecified atom stereocenters. The third kappa shape index (κ3) is 5.19. The van der Waals surface area contributed by atoms with Crippen molar-refractivity contribution in [3.05, 3.63) is 0 Å². The molecule has 1 atom stereocenters. The first-order valence-corrected chi connectivity index (χ1v) is 8.48. The molecule has 1 fully saturated rings. The first-order chi connectivity index (χ1) is 8.54. The van der Waals surface area contributed by atoms with Crippen LogP contribution in [0.5, 0.6) is 0 Å². The highest BCUT2D eigenvalue weighted by Gasteiger charge is 2.25. The molecule has 0 bridgehead atoms. The normalized spacial score (nSPS) is 26.1. The molecule has 0 aromatic heterocycles. The van der Waals surface area contributed by atoms with Gasteiger partial charge in [-0.15, -0.1) is 0 Å². The van der Waals surface area contributed by atoms with Gasteiger partial charge in [-0.25, -0.2) is 0 Å². The summed E-state index contributed by atoms with van der Waals surface area (Å²) in [6, 6.07) is 0.0214. The van der Waals surface area contributed by atoms with Gasteiger partial charge in [-0.05, 0) is 55.9 Å². The van der Waals surface area contributed by atoms with Crippen molar-refractivity contribution < 1.29 is 4.79 Å². The Morgan fingerprint density at radius 2 is 1.94 bits per heavy atom. The molecule has 0 aromatic rings. The third-order valence-electron chi connectivity index (χ3n) is 4.03. The monoisotopic (exact) mass is 272 g/mol. The summed E-state index contributed by atoms with van der Waals surface area (Å²) in [7, 11) is 0. The van der Waals surface area contributed by atoms with E-state index in [9.17, 15) is 4.79 Å². The molecule has 4 heteroatoms. The van der Waals surface area contributed by atoms with E-state index in [2.05, 4.69) is 19.2 Å². The molecule has 0 aromatic carbocycles. The second kappa shape index (κ2) is 8.05. The van der Waals surface area contributed by atoms with Gasteiger partial charge in [-0.1, -0.05) is 13.8 Å². The lowest BCUT2D eigenvalue weighted by Crippen LogP contribution is -2.46. The van der Waals surface area contributed by atoms with Gasteiger partial charge in [0, 0.05) is 6.04 Å². The lowest BCUT2D eigenvalue weighted by molar-refractivity contribution is -0.123. The zero-order chi connectivity index (χ0) is 13.5. The van der Waals surface area contributed by atoms with Gasteiger partial charge in [-0.2, -0.15) is 11.8 Å². The largest absolute Gasteiger partial charge is 0.352 e. The second-order valence-electron chi connectivity index (χ2n) is 5.75. The number of nitrogens with one attached hydrogen (secondary N) is 1. The summed E-state index contributed by atoms with van der Waals surface area (Å²) in [5.41, 5.74) is 5.87. The molecule has 0 heterocycles. The summed E-state index contributed by atoms with van der Waals surface area (Å²) in [6.07, 6.45) is 7.52. The van der Waals surface area contributed by atoms with Gasteiger partial charge in [0.15, 0.2) is 0 Å². The van der Waals surface area contributed by atoms with E-state index in [4.69, 9.17) is 5.73 Å². The molecule has 106 valence electrons. The molecule has 1 aliphatic carbocycles. The van der Waals surface area contributed by atoms with Crippen LogP contribution in [0.15, 0.2) is 0 Å². The Balaban J connectivity index is 2.25. The van der Waals surface area contributed by atoms with Crippen LogP contribution in [-0.4, -0.2) is 30.0 Å². The van der Waals surface area contributed by atoms with E-state index in [1.54, 1.807) is 11.8 Å². The van der Waals surface area contributed by atoms with Crippen molar-refractivity contribution in [3.8, 4) is 0 Å². The summed E-state index contributed by atoms with van der Waals surface area (Å²) in [5.74, 6) is 2.60. The minimum absolute atomic E-state index is 0.0389. The highest BCUT2D eigenvalue weighted by molar-refractivity contribution is 7.98. The number of hydrogen-bond donors (Lipinski definition) is 2. The molecule has 1 saturated carbocycles. The second-order valence-corrected chi connectivity index (χ2v) is 6.74. The first kappa shape index (κ1) is 15.8. The van der Waals surface area contributed by atoms with E-state index in [1.807, 2.05) is 6.26 Å². The minimum Gasteiger partial charge on any atom is -0.352 e. The van der Waals surface area contributed by atoms with Crippen LogP contribution < -0.4 is 11.1 Å².